The van der Waals surface area contributed by atoms with Crippen molar-refractivity contribution in [1.82, 2.24) is 29.6 Å². The van der Waals surface area contributed by atoms with Crippen molar-refractivity contribution < 1.29 is 4.79 Å². The Kier molecular flexibility index (Phi) is 5.22. The van der Waals surface area contributed by atoms with Gasteiger partial charge in [-0.15, -0.1) is 10.2 Å². The van der Waals surface area contributed by atoms with Gasteiger partial charge in [-0.1, -0.05) is 15.9 Å². The molecule has 2 aromatic heterocycles. The number of nitrogens with zero attached hydrogens (tertiary/aromatic N) is 5. The summed E-state index contributed by atoms with van der Waals surface area (Å²) in [5.74, 6) is 0.568. The Balaban J connectivity index is 1.64. The summed E-state index contributed by atoms with van der Waals surface area (Å²) in [6.07, 6.45) is 3.64. The minimum atomic E-state index is -0.249. The summed E-state index contributed by atoms with van der Waals surface area (Å²) in [6, 6.07) is 5.28. The van der Waals surface area contributed by atoms with Crippen LogP contribution in [0.2, 0.25) is 0 Å². The largest absolute Gasteiger partial charge is 0.354 e. The molecule has 9 heteroatoms. The predicted octanol–water partition coefficient (Wildman–Crippen LogP) is 1.13. The molecule has 0 spiro atoms. The fourth-order valence-electron chi connectivity index (χ4n) is 2.50. The summed E-state index contributed by atoms with van der Waals surface area (Å²) in [5.41, 5.74) is 0.357. The standard InChI is InChI=1S/C16H17BrN6O2/c1-2-22-10-20-21-14(22)5-6-18-15(24)8-23-9-19-13-4-3-11(17)7-12(13)16(23)25/h3-4,7,9-10H,2,5-6,8H2,1H3,(H,18,24). The number of hydrogen-bond donors (Lipinski definition) is 1. The van der Waals surface area contributed by atoms with E-state index in [1.807, 2.05) is 17.6 Å². The molecule has 0 radical (unpaired) electrons. The summed E-state index contributed by atoms with van der Waals surface area (Å²) < 4.78 is 4.02. The highest BCUT2D eigenvalue weighted by molar-refractivity contribution is 9.10. The number of carbonyl (C=O) groups is 1. The average Bonchev–Trinajstić information content (AvgIpc) is 3.05. The van der Waals surface area contributed by atoms with Gasteiger partial charge in [-0.3, -0.25) is 14.2 Å². The SMILES string of the molecule is CCn1cnnc1CCNC(=O)Cn1cnc2ccc(Br)cc2c1=O. The number of hydrogen-bond acceptors (Lipinski definition) is 5. The highest BCUT2D eigenvalue weighted by atomic mass is 79.9. The van der Waals surface area contributed by atoms with E-state index in [0.717, 1.165) is 16.8 Å². The van der Waals surface area contributed by atoms with Gasteiger partial charge in [0.15, 0.2) is 0 Å². The number of rotatable bonds is 6. The van der Waals surface area contributed by atoms with E-state index in [1.54, 1.807) is 18.5 Å². The van der Waals surface area contributed by atoms with E-state index in [9.17, 15) is 9.59 Å². The van der Waals surface area contributed by atoms with Crippen LogP contribution in [0.25, 0.3) is 10.9 Å². The molecule has 0 aliphatic carbocycles. The van der Waals surface area contributed by atoms with Gasteiger partial charge in [0.05, 0.1) is 17.2 Å². The summed E-state index contributed by atoms with van der Waals surface area (Å²) in [4.78, 5) is 28.8. The van der Waals surface area contributed by atoms with Gasteiger partial charge in [-0.25, -0.2) is 4.98 Å². The molecule has 0 atom stereocenters. The van der Waals surface area contributed by atoms with Crippen LogP contribution in [-0.2, 0) is 24.3 Å². The topological polar surface area (TPSA) is 94.7 Å². The molecule has 0 aliphatic heterocycles. The van der Waals surface area contributed by atoms with Crippen molar-refractivity contribution in [3.05, 3.63) is 51.5 Å². The van der Waals surface area contributed by atoms with Crippen LogP contribution in [0, 0.1) is 0 Å². The molecule has 1 amide bonds. The molecule has 1 N–H and O–H groups in total. The van der Waals surface area contributed by atoms with E-state index in [4.69, 9.17) is 0 Å². The van der Waals surface area contributed by atoms with Crippen LogP contribution in [-0.4, -0.2) is 36.8 Å². The summed E-state index contributed by atoms with van der Waals surface area (Å²) in [5, 5.41) is 11.1. The fraction of sp³-hybridized carbons (Fsp3) is 0.312. The Labute approximate surface area is 152 Å². The van der Waals surface area contributed by atoms with E-state index in [1.165, 1.54) is 10.9 Å². The number of aromatic nitrogens is 5. The summed E-state index contributed by atoms with van der Waals surface area (Å²) >= 11 is 3.34. The maximum atomic E-state index is 12.5. The van der Waals surface area contributed by atoms with Crippen molar-refractivity contribution in [2.75, 3.05) is 6.54 Å². The molecule has 3 aromatic rings. The van der Waals surface area contributed by atoms with Gasteiger partial charge >= 0.3 is 0 Å². The first-order valence-electron chi connectivity index (χ1n) is 7.86. The maximum absolute atomic E-state index is 12.5. The zero-order chi connectivity index (χ0) is 17.8. The van der Waals surface area contributed by atoms with Crippen LogP contribution in [0.1, 0.15) is 12.7 Å². The van der Waals surface area contributed by atoms with Crippen molar-refractivity contribution >= 4 is 32.7 Å². The van der Waals surface area contributed by atoms with E-state index in [-0.39, 0.29) is 18.0 Å². The minimum absolute atomic E-state index is 0.0746. The lowest BCUT2D eigenvalue weighted by atomic mass is 10.2. The molecule has 8 nitrogen and oxygen atoms in total. The molecular formula is C16H17BrN6O2. The van der Waals surface area contributed by atoms with E-state index in [0.29, 0.717) is 23.9 Å². The van der Waals surface area contributed by atoms with Crippen molar-refractivity contribution in [1.29, 1.82) is 0 Å². The zero-order valence-corrected chi connectivity index (χ0v) is 15.2. The molecule has 130 valence electrons. The van der Waals surface area contributed by atoms with Gasteiger partial charge in [0.2, 0.25) is 5.91 Å². The molecule has 1 aromatic carbocycles. The lowest BCUT2D eigenvalue weighted by Crippen LogP contribution is -2.33. The van der Waals surface area contributed by atoms with Gasteiger partial charge in [-0.05, 0) is 25.1 Å². The fourth-order valence-corrected chi connectivity index (χ4v) is 2.87. The zero-order valence-electron chi connectivity index (χ0n) is 13.6. The Hall–Kier alpha value is -2.55. The summed E-state index contributed by atoms with van der Waals surface area (Å²) in [6.45, 7) is 3.14. The van der Waals surface area contributed by atoms with E-state index >= 15 is 0 Å². The lowest BCUT2D eigenvalue weighted by molar-refractivity contribution is -0.121. The van der Waals surface area contributed by atoms with Gasteiger partial charge in [-0.2, -0.15) is 0 Å². The first kappa shape index (κ1) is 17.3. The van der Waals surface area contributed by atoms with Crippen molar-refractivity contribution in [2.45, 2.75) is 26.4 Å². The maximum Gasteiger partial charge on any atom is 0.261 e. The number of benzene rings is 1. The van der Waals surface area contributed by atoms with E-state index in [2.05, 4.69) is 36.4 Å². The molecule has 0 aliphatic rings. The van der Waals surface area contributed by atoms with Crippen LogP contribution in [0.4, 0.5) is 0 Å². The van der Waals surface area contributed by atoms with Gasteiger partial charge in [0.1, 0.15) is 18.7 Å². The van der Waals surface area contributed by atoms with Crippen molar-refractivity contribution in [2.24, 2.45) is 0 Å². The molecule has 2 heterocycles. The normalized spacial score (nSPS) is 11.0. The van der Waals surface area contributed by atoms with Crippen molar-refractivity contribution in [3.63, 3.8) is 0 Å². The number of amides is 1. The Bertz CT molecular complexity index is 965. The second-order valence-electron chi connectivity index (χ2n) is 5.47. The van der Waals surface area contributed by atoms with Crippen LogP contribution in [0.3, 0.4) is 0 Å². The molecule has 0 saturated heterocycles. The Morgan fingerprint density at radius 2 is 2.12 bits per heavy atom. The van der Waals surface area contributed by atoms with Crippen LogP contribution < -0.4 is 10.9 Å². The minimum Gasteiger partial charge on any atom is -0.354 e. The second kappa shape index (κ2) is 7.56. The number of fused-ring (bicyclic) bond motifs is 1. The third-order valence-electron chi connectivity index (χ3n) is 3.81. The molecule has 0 fully saturated rings. The van der Waals surface area contributed by atoms with Crippen molar-refractivity contribution in [3.8, 4) is 0 Å². The average molecular weight is 405 g/mol. The van der Waals surface area contributed by atoms with Gasteiger partial charge in [0, 0.05) is 24.0 Å². The molecule has 0 unspecified atom stereocenters. The first-order valence-corrected chi connectivity index (χ1v) is 8.66. The number of aryl methyl sites for hydroxylation is 1. The number of nitrogens with one attached hydrogen (secondary N) is 1. The predicted molar refractivity (Wildman–Crippen MR) is 96.1 cm³/mol. The van der Waals surface area contributed by atoms with Crippen LogP contribution >= 0.6 is 15.9 Å². The van der Waals surface area contributed by atoms with Crippen LogP contribution in [0.5, 0.6) is 0 Å². The Morgan fingerprint density at radius 3 is 2.92 bits per heavy atom. The lowest BCUT2D eigenvalue weighted by Gasteiger charge is -2.08. The molecule has 0 bridgehead atoms. The smallest absolute Gasteiger partial charge is 0.261 e. The van der Waals surface area contributed by atoms with E-state index < -0.39 is 0 Å². The molecule has 25 heavy (non-hydrogen) atoms. The Morgan fingerprint density at radius 1 is 1.28 bits per heavy atom. The van der Waals surface area contributed by atoms with Gasteiger partial charge in [0.25, 0.3) is 5.56 Å². The molecule has 3 rings (SSSR count). The highest BCUT2D eigenvalue weighted by Crippen LogP contribution is 2.14. The summed E-state index contributed by atoms with van der Waals surface area (Å²) in [7, 11) is 0. The number of halogens is 1. The third-order valence-corrected chi connectivity index (χ3v) is 4.30. The number of carbonyl (C=O) groups excluding carboxylic acids is 1. The van der Waals surface area contributed by atoms with Gasteiger partial charge < -0.3 is 9.88 Å². The van der Waals surface area contributed by atoms with Crippen LogP contribution in [0.15, 0.2) is 40.1 Å². The quantitative estimate of drug-likeness (QED) is 0.664. The molecular weight excluding hydrogens is 388 g/mol. The monoisotopic (exact) mass is 404 g/mol. The third kappa shape index (κ3) is 3.93. The second-order valence-corrected chi connectivity index (χ2v) is 6.39. The molecule has 0 saturated carbocycles. The highest BCUT2D eigenvalue weighted by Gasteiger charge is 2.09. The first-order chi connectivity index (χ1) is 12.1.